The summed E-state index contributed by atoms with van der Waals surface area (Å²) in [6.45, 7) is 7.04. The van der Waals surface area contributed by atoms with Crippen LogP contribution in [-0.4, -0.2) is 49.8 Å². The summed E-state index contributed by atoms with van der Waals surface area (Å²) in [4.78, 5) is 2.56. The van der Waals surface area contributed by atoms with Gasteiger partial charge in [0.05, 0.1) is 4.90 Å². The van der Waals surface area contributed by atoms with Gasteiger partial charge in [-0.3, -0.25) is 4.90 Å². The Morgan fingerprint density at radius 1 is 1.14 bits per heavy atom. The molecule has 0 spiro atoms. The molecule has 1 aromatic rings. The molecular weight excluding hydrogens is 286 g/mol. The van der Waals surface area contributed by atoms with Gasteiger partial charge in [-0.1, -0.05) is 12.1 Å². The second kappa shape index (κ2) is 6.04. The van der Waals surface area contributed by atoms with E-state index in [-0.39, 0.29) is 18.1 Å². The Morgan fingerprint density at radius 2 is 1.62 bits per heavy atom. The molecule has 2 rings (SSSR count). The van der Waals surface area contributed by atoms with Crippen molar-refractivity contribution in [3.63, 3.8) is 0 Å². The predicted molar refractivity (Wildman–Crippen MR) is 84.5 cm³/mol. The zero-order valence-electron chi connectivity index (χ0n) is 13.2. The lowest BCUT2D eigenvalue weighted by Gasteiger charge is -2.41. The van der Waals surface area contributed by atoms with Crippen molar-refractivity contribution in [2.45, 2.75) is 43.8 Å². The highest BCUT2D eigenvalue weighted by Gasteiger charge is 2.34. The van der Waals surface area contributed by atoms with Crippen molar-refractivity contribution in [3.05, 3.63) is 29.8 Å². The molecule has 6 heteroatoms. The van der Waals surface area contributed by atoms with Crippen LogP contribution in [0.2, 0.25) is 0 Å². The lowest BCUT2D eigenvalue weighted by Crippen LogP contribution is -2.56. The summed E-state index contributed by atoms with van der Waals surface area (Å²) < 4.78 is 27.1. The van der Waals surface area contributed by atoms with Crippen LogP contribution < -0.4 is 5.73 Å². The molecule has 1 aliphatic heterocycles. The third-order valence-corrected chi connectivity index (χ3v) is 6.22. The molecule has 1 heterocycles. The van der Waals surface area contributed by atoms with Crippen LogP contribution in [0.1, 0.15) is 32.4 Å². The first-order chi connectivity index (χ1) is 9.73. The summed E-state index contributed by atoms with van der Waals surface area (Å²) in [6.07, 6.45) is 0. The number of rotatable bonds is 3. The molecule has 21 heavy (non-hydrogen) atoms. The molecule has 1 saturated heterocycles. The molecule has 1 fully saturated rings. The number of nitrogens with two attached hydrogens (primary N) is 1. The Labute approximate surface area is 127 Å². The van der Waals surface area contributed by atoms with E-state index in [1.807, 2.05) is 14.0 Å². The molecule has 1 aromatic carbocycles. The van der Waals surface area contributed by atoms with Crippen molar-refractivity contribution in [2.24, 2.45) is 5.73 Å². The molecule has 0 bridgehead atoms. The Bertz CT molecular complexity index is 571. The van der Waals surface area contributed by atoms with Gasteiger partial charge in [-0.15, -0.1) is 0 Å². The third kappa shape index (κ3) is 3.29. The minimum absolute atomic E-state index is 0.0922. The fourth-order valence-corrected chi connectivity index (χ4v) is 4.25. The monoisotopic (exact) mass is 311 g/mol. The van der Waals surface area contributed by atoms with Crippen LogP contribution in [-0.2, 0) is 10.0 Å². The molecule has 3 atom stereocenters. The molecule has 118 valence electrons. The minimum atomic E-state index is -3.43. The van der Waals surface area contributed by atoms with Crippen molar-refractivity contribution in [1.29, 1.82) is 0 Å². The lowest BCUT2D eigenvalue weighted by molar-refractivity contribution is 0.105. The summed E-state index contributed by atoms with van der Waals surface area (Å²) >= 11 is 0. The number of likely N-dealkylation sites (N-methyl/N-ethyl adjacent to an activating group) is 1. The number of hydrogen-bond donors (Lipinski definition) is 1. The first kappa shape index (κ1) is 16.4. The van der Waals surface area contributed by atoms with Crippen molar-refractivity contribution >= 4 is 10.0 Å². The van der Waals surface area contributed by atoms with Crippen LogP contribution in [0.15, 0.2) is 29.2 Å². The summed E-state index contributed by atoms with van der Waals surface area (Å²) in [5, 5.41) is 0. The van der Waals surface area contributed by atoms with Crippen molar-refractivity contribution in [2.75, 3.05) is 20.1 Å². The van der Waals surface area contributed by atoms with Crippen molar-refractivity contribution in [3.8, 4) is 0 Å². The van der Waals surface area contributed by atoms with Crippen molar-refractivity contribution < 1.29 is 8.42 Å². The maximum atomic E-state index is 12.7. The minimum Gasteiger partial charge on any atom is -0.324 e. The normalized spacial score (nSPS) is 26.7. The number of piperazine rings is 1. The van der Waals surface area contributed by atoms with Gasteiger partial charge in [0.25, 0.3) is 0 Å². The molecule has 0 radical (unpaired) electrons. The number of hydrogen-bond acceptors (Lipinski definition) is 4. The van der Waals surface area contributed by atoms with E-state index in [0.29, 0.717) is 18.0 Å². The maximum absolute atomic E-state index is 12.7. The molecule has 0 aromatic heterocycles. The largest absolute Gasteiger partial charge is 0.324 e. The van der Waals surface area contributed by atoms with E-state index in [1.54, 1.807) is 28.6 Å². The van der Waals surface area contributed by atoms with Crippen LogP contribution in [0.4, 0.5) is 0 Å². The zero-order chi connectivity index (χ0) is 15.8. The molecule has 3 unspecified atom stereocenters. The van der Waals surface area contributed by atoms with E-state index >= 15 is 0 Å². The average molecular weight is 311 g/mol. The van der Waals surface area contributed by atoms with Gasteiger partial charge in [0.15, 0.2) is 0 Å². The highest BCUT2D eigenvalue weighted by Crippen LogP contribution is 2.23. The fourth-order valence-electron chi connectivity index (χ4n) is 2.64. The Balaban J connectivity index is 2.25. The van der Waals surface area contributed by atoms with E-state index in [9.17, 15) is 8.42 Å². The SMILES string of the molecule is CC(N)c1ccc(S(=O)(=O)N2CC(C)N(C)C(C)C2)cc1. The van der Waals surface area contributed by atoms with Gasteiger partial charge in [-0.2, -0.15) is 4.31 Å². The third-order valence-electron chi connectivity index (χ3n) is 4.37. The fraction of sp³-hybridized carbons (Fsp3) is 0.600. The highest BCUT2D eigenvalue weighted by molar-refractivity contribution is 7.89. The van der Waals surface area contributed by atoms with E-state index < -0.39 is 10.0 Å². The smallest absolute Gasteiger partial charge is 0.243 e. The lowest BCUT2D eigenvalue weighted by atomic mass is 10.1. The summed E-state index contributed by atoms with van der Waals surface area (Å²) in [7, 11) is -1.39. The van der Waals surface area contributed by atoms with Gasteiger partial charge in [0.1, 0.15) is 0 Å². The van der Waals surface area contributed by atoms with Crippen LogP contribution in [0.5, 0.6) is 0 Å². The molecule has 0 amide bonds. The van der Waals surface area contributed by atoms with Crippen LogP contribution in [0.3, 0.4) is 0 Å². The summed E-state index contributed by atoms with van der Waals surface area (Å²) in [5.74, 6) is 0. The molecule has 0 saturated carbocycles. The summed E-state index contributed by atoms with van der Waals surface area (Å²) in [6, 6.07) is 7.23. The summed E-state index contributed by atoms with van der Waals surface area (Å²) in [5.41, 5.74) is 6.74. The first-order valence-electron chi connectivity index (χ1n) is 7.31. The predicted octanol–water partition coefficient (Wildman–Crippen LogP) is 1.42. The Hall–Kier alpha value is -0.950. The zero-order valence-corrected chi connectivity index (χ0v) is 14.0. The van der Waals surface area contributed by atoms with Gasteiger partial charge in [0, 0.05) is 31.2 Å². The van der Waals surface area contributed by atoms with Gasteiger partial charge in [0.2, 0.25) is 10.0 Å². The van der Waals surface area contributed by atoms with Crippen LogP contribution >= 0.6 is 0 Å². The van der Waals surface area contributed by atoms with Gasteiger partial charge >= 0.3 is 0 Å². The first-order valence-corrected chi connectivity index (χ1v) is 8.75. The van der Waals surface area contributed by atoms with Gasteiger partial charge in [-0.25, -0.2) is 8.42 Å². The van der Waals surface area contributed by atoms with Gasteiger partial charge < -0.3 is 5.73 Å². The second-order valence-electron chi connectivity index (χ2n) is 6.04. The number of benzene rings is 1. The molecule has 5 nitrogen and oxygen atoms in total. The molecule has 1 aliphatic rings. The molecule has 0 aliphatic carbocycles. The van der Waals surface area contributed by atoms with Crippen molar-refractivity contribution in [1.82, 2.24) is 9.21 Å². The maximum Gasteiger partial charge on any atom is 0.243 e. The number of nitrogens with zero attached hydrogens (tertiary/aromatic N) is 2. The van der Waals surface area contributed by atoms with Crippen LogP contribution in [0.25, 0.3) is 0 Å². The second-order valence-corrected chi connectivity index (χ2v) is 7.98. The Morgan fingerprint density at radius 3 is 2.05 bits per heavy atom. The van der Waals surface area contributed by atoms with Crippen LogP contribution in [0, 0.1) is 0 Å². The van der Waals surface area contributed by atoms with Gasteiger partial charge in [-0.05, 0) is 45.5 Å². The topological polar surface area (TPSA) is 66.6 Å². The number of sulfonamides is 1. The molecule has 2 N–H and O–H groups in total. The van der Waals surface area contributed by atoms with E-state index in [2.05, 4.69) is 18.7 Å². The van der Waals surface area contributed by atoms with E-state index in [0.717, 1.165) is 5.56 Å². The highest BCUT2D eigenvalue weighted by atomic mass is 32.2. The molecular formula is C15H25N3O2S. The van der Waals surface area contributed by atoms with E-state index in [1.165, 1.54) is 0 Å². The average Bonchev–Trinajstić information content (AvgIpc) is 2.44. The quantitative estimate of drug-likeness (QED) is 0.917. The standard InChI is InChI=1S/C15H25N3O2S/c1-11-9-18(10-12(2)17(11)4)21(19,20)15-7-5-14(6-8-15)13(3)16/h5-8,11-13H,9-10,16H2,1-4H3. The van der Waals surface area contributed by atoms with E-state index in [4.69, 9.17) is 5.73 Å². The Kier molecular flexibility index (Phi) is 4.72.